The second-order valence-electron chi connectivity index (χ2n) is 4.56. The van der Waals surface area contributed by atoms with E-state index < -0.39 is 17.3 Å². The van der Waals surface area contributed by atoms with Crippen molar-refractivity contribution in [3.05, 3.63) is 22.8 Å². The molecule has 0 fully saturated rings. The van der Waals surface area contributed by atoms with Gasteiger partial charge in [-0.2, -0.15) is 13.2 Å². The minimum atomic E-state index is -4.47. The van der Waals surface area contributed by atoms with Crippen LogP contribution in [0.1, 0.15) is 19.4 Å². The van der Waals surface area contributed by atoms with Crippen LogP contribution in [0.15, 0.2) is 12.3 Å². The number of rotatable bonds is 3. The zero-order valence-corrected chi connectivity index (χ0v) is 11.0. The highest BCUT2D eigenvalue weighted by Crippen LogP contribution is 2.34. The SMILES string of the molecule is CN(c1ncc(C(F)(F)F)cc1Cl)C(C)(C)CO. The van der Waals surface area contributed by atoms with Crippen molar-refractivity contribution in [2.75, 3.05) is 18.6 Å². The lowest BCUT2D eigenvalue weighted by atomic mass is 10.1. The Kier molecular flexibility index (Phi) is 4.12. The summed E-state index contributed by atoms with van der Waals surface area (Å²) in [5.41, 5.74) is -1.57. The van der Waals surface area contributed by atoms with Gasteiger partial charge in [0.15, 0.2) is 0 Å². The lowest BCUT2D eigenvalue weighted by Crippen LogP contribution is -2.45. The molecule has 0 atom stereocenters. The van der Waals surface area contributed by atoms with Crippen LogP contribution < -0.4 is 4.90 Å². The molecule has 0 aromatic carbocycles. The van der Waals surface area contributed by atoms with Crippen molar-refractivity contribution in [1.29, 1.82) is 0 Å². The number of nitrogens with zero attached hydrogens (tertiary/aromatic N) is 2. The van der Waals surface area contributed by atoms with Crippen LogP contribution in [0.3, 0.4) is 0 Å². The molecule has 3 nitrogen and oxygen atoms in total. The van der Waals surface area contributed by atoms with Crippen LogP contribution in [0, 0.1) is 0 Å². The number of anilines is 1. The molecule has 1 N–H and O–H groups in total. The van der Waals surface area contributed by atoms with Gasteiger partial charge in [-0.05, 0) is 19.9 Å². The Morgan fingerprint density at radius 2 is 1.94 bits per heavy atom. The largest absolute Gasteiger partial charge is 0.417 e. The average molecular weight is 283 g/mol. The van der Waals surface area contributed by atoms with Gasteiger partial charge in [-0.1, -0.05) is 11.6 Å². The Bertz CT molecular complexity index is 435. The number of halogens is 4. The van der Waals surface area contributed by atoms with Crippen molar-refractivity contribution in [2.24, 2.45) is 0 Å². The van der Waals surface area contributed by atoms with Gasteiger partial charge in [0.05, 0.1) is 22.7 Å². The number of alkyl halides is 3. The van der Waals surface area contributed by atoms with Crippen LogP contribution in [0.5, 0.6) is 0 Å². The molecule has 0 aliphatic heterocycles. The summed E-state index contributed by atoms with van der Waals surface area (Å²) in [6.45, 7) is 3.27. The summed E-state index contributed by atoms with van der Waals surface area (Å²) in [5.74, 6) is 0.198. The zero-order valence-electron chi connectivity index (χ0n) is 10.2. The predicted molar refractivity (Wildman–Crippen MR) is 63.8 cm³/mol. The fourth-order valence-corrected chi connectivity index (χ4v) is 1.52. The second-order valence-corrected chi connectivity index (χ2v) is 4.96. The van der Waals surface area contributed by atoms with Gasteiger partial charge in [-0.25, -0.2) is 4.98 Å². The molecule has 1 aromatic heterocycles. The van der Waals surface area contributed by atoms with Crippen LogP contribution in [-0.4, -0.2) is 29.3 Å². The molecule has 102 valence electrons. The molecule has 0 amide bonds. The third kappa shape index (κ3) is 3.05. The summed E-state index contributed by atoms with van der Waals surface area (Å²) >= 11 is 5.81. The maximum absolute atomic E-state index is 12.4. The first-order valence-corrected chi connectivity index (χ1v) is 5.55. The smallest absolute Gasteiger partial charge is 0.394 e. The van der Waals surface area contributed by atoms with E-state index in [-0.39, 0.29) is 17.4 Å². The molecule has 0 aliphatic carbocycles. The van der Waals surface area contributed by atoms with Gasteiger partial charge in [0, 0.05) is 13.2 Å². The molecule has 1 aromatic rings. The van der Waals surface area contributed by atoms with E-state index in [4.69, 9.17) is 11.6 Å². The normalized spacial score (nSPS) is 12.7. The number of aromatic nitrogens is 1. The van der Waals surface area contributed by atoms with Gasteiger partial charge < -0.3 is 10.0 Å². The Balaban J connectivity index is 3.14. The second kappa shape index (κ2) is 4.93. The number of hydrogen-bond acceptors (Lipinski definition) is 3. The van der Waals surface area contributed by atoms with E-state index >= 15 is 0 Å². The number of aliphatic hydroxyl groups excluding tert-OH is 1. The van der Waals surface area contributed by atoms with E-state index in [0.717, 1.165) is 12.3 Å². The van der Waals surface area contributed by atoms with Gasteiger partial charge in [0.2, 0.25) is 0 Å². The molecule has 18 heavy (non-hydrogen) atoms. The number of aliphatic hydroxyl groups is 1. The summed E-state index contributed by atoms with van der Waals surface area (Å²) in [4.78, 5) is 5.26. The molecule has 0 radical (unpaired) electrons. The summed E-state index contributed by atoms with van der Waals surface area (Å²) in [6.07, 6.45) is -3.74. The molecule has 1 heterocycles. The molecule has 0 aliphatic rings. The molecule has 7 heteroatoms. The molecule has 0 unspecified atom stereocenters. The van der Waals surface area contributed by atoms with Gasteiger partial charge in [-0.3, -0.25) is 0 Å². The van der Waals surface area contributed by atoms with Crippen molar-refractivity contribution < 1.29 is 18.3 Å². The summed E-state index contributed by atoms with van der Waals surface area (Å²) < 4.78 is 37.3. The zero-order chi connectivity index (χ0) is 14.1. The van der Waals surface area contributed by atoms with E-state index in [1.165, 1.54) is 4.90 Å². The third-order valence-electron chi connectivity index (χ3n) is 2.76. The van der Waals surface area contributed by atoms with E-state index in [2.05, 4.69) is 4.98 Å². The highest BCUT2D eigenvalue weighted by Gasteiger charge is 2.33. The van der Waals surface area contributed by atoms with Gasteiger partial charge in [-0.15, -0.1) is 0 Å². The summed E-state index contributed by atoms with van der Waals surface area (Å²) in [6, 6.07) is 0.827. The molecule has 0 saturated heterocycles. The molecule has 1 rings (SSSR count). The van der Waals surface area contributed by atoms with E-state index in [0.29, 0.717) is 0 Å². The van der Waals surface area contributed by atoms with Crippen LogP contribution >= 0.6 is 11.6 Å². The van der Waals surface area contributed by atoms with Crippen LogP contribution in [0.25, 0.3) is 0 Å². The lowest BCUT2D eigenvalue weighted by Gasteiger charge is -2.35. The van der Waals surface area contributed by atoms with Crippen LogP contribution in [0.4, 0.5) is 19.0 Å². The Morgan fingerprint density at radius 3 is 2.33 bits per heavy atom. The van der Waals surface area contributed by atoms with E-state index in [1.807, 2.05) is 0 Å². The summed E-state index contributed by atoms with van der Waals surface area (Å²) in [5, 5.41) is 9.11. The Morgan fingerprint density at radius 1 is 1.39 bits per heavy atom. The fourth-order valence-electron chi connectivity index (χ4n) is 1.23. The highest BCUT2D eigenvalue weighted by molar-refractivity contribution is 6.33. The summed E-state index contributed by atoms with van der Waals surface area (Å²) in [7, 11) is 1.61. The van der Waals surface area contributed by atoms with Gasteiger partial charge >= 0.3 is 6.18 Å². The lowest BCUT2D eigenvalue weighted by molar-refractivity contribution is -0.137. The van der Waals surface area contributed by atoms with Gasteiger partial charge in [0.1, 0.15) is 5.82 Å². The quantitative estimate of drug-likeness (QED) is 0.926. The number of likely N-dealkylation sites (N-methyl/N-ethyl adjacent to an activating group) is 1. The van der Waals surface area contributed by atoms with Crippen molar-refractivity contribution in [3.63, 3.8) is 0 Å². The Labute approximate surface area is 108 Å². The number of pyridine rings is 1. The van der Waals surface area contributed by atoms with E-state index in [1.54, 1.807) is 20.9 Å². The minimum absolute atomic E-state index is 0.103. The van der Waals surface area contributed by atoms with Crippen molar-refractivity contribution >= 4 is 17.4 Å². The molecule has 0 bridgehead atoms. The minimum Gasteiger partial charge on any atom is -0.394 e. The predicted octanol–water partition coefficient (Wildman–Crippen LogP) is 2.96. The monoisotopic (exact) mass is 282 g/mol. The molecular weight excluding hydrogens is 269 g/mol. The molecule has 0 saturated carbocycles. The van der Waals surface area contributed by atoms with Gasteiger partial charge in [0.25, 0.3) is 0 Å². The fraction of sp³-hybridized carbons (Fsp3) is 0.545. The first-order chi connectivity index (χ1) is 8.09. The topological polar surface area (TPSA) is 36.4 Å². The van der Waals surface area contributed by atoms with Crippen LogP contribution in [0.2, 0.25) is 5.02 Å². The van der Waals surface area contributed by atoms with Crippen molar-refractivity contribution in [3.8, 4) is 0 Å². The molecule has 0 spiro atoms. The Hall–Kier alpha value is -1.01. The third-order valence-corrected chi connectivity index (χ3v) is 3.04. The average Bonchev–Trinajstić information content (AvgIpc) is 2.26. The first-order valence-electron chi connectivity index (χ1n) is 5.17. The molecular formula is C11H14ClF3N2O. The maximum atomic E-state index is 12.4. The standard InChI is InChI=1S/C11H14ClF3N2O/c1-10(2,6-18)17(3)9-8(12)4-7(5-16-9)11(13,14)15/h4-5,18H,6H2,1-3H3. The van der Waals surface area contributed by atoms with Crippen molar-refractivity contribution in [2.45, 2.75) is 25.6 Å². The van der Waals surface area contributed by atoms with E-state index in [9.17, 15) is 18.3 Å². The first kappa shape index (κ1) is 15.0. The number of hydrogen-bond donors (Lipinski definition) is 1. The highest BCUT2D eigenvalue weighted by atomic mass is 35.5. The maximum Gasteiger partial charge on any atom is 0.417 e. The van der Waals surface area contributed by atoms with Crippen molar-refractivity contribution in [1.82, 2.24) is 4.98 Å². The van der Waals surface area contributed by atoms with Crippen LogP contribution in [-0.2, 0) is 6.18 Å².